The smallest absolute Gasteiger partial charge is 0.120 e. The van der Waals surface area contributed by atoms with Crippen molar-refractivity contribution in [2.45, 2.75) is 18.6 Å². The van der Waals surface area contributed by atoms with Crippen LogP contribution in [0.5, 0.6) is 0 Å². The van der Waals surface area contributed by atoms with Crippen LogP contribution in [0, 0.1) is 0 Å². The highest BCUT2D eigenvalue weighted by Crippen LogP contribution is 2.48. The van der Waals surface area contributed by atoms with Gasteiger partial charge in [-0.05, 0) is 12.5 Å². The van der Waals surface area contributed by atoms with Crippen LogP contribution in [-0.4, -0.2) is 17.3 Å². The second-order valence-electron chi connectivity index (χ2n) is 3.38. The Hall–Kier alpha value is -0.860. The van der Waals surface area contributed by atoms with Gasteiger partial charge in [0, 0.05) is 0 Å². The van der Waals surface area contributed by atoms with Gasteiger partial charge in [-0.15, -0.1) is 0 Å². The Morgan fingerprint density at radius 2 is 2.08 bits per heavy atom. The molecule has 2 atom stereocenters. The molecule has 1 aromatic rings. The van der Waals surface area contributed by atoms with Gasteiger partial charge < -0.3 is 9.84 Å². The van der Waals surface area contributed by atoms with Crippen molar-refractivity contribution in [3.05, 3.63) is 35.9 Å². The van der Waals surface area contributed by atoms with Crippen LogP contribution < -0.4 is 0 Å². The zero-order valence-electron chi connectivity index (χ0n) is 7.03. The standard InChI is InChI=1S/C10H12O2/c1-10(7-11)9(12-10)8-5-3-2-4-6-8/h2-6,9,11H,7H2,1H3/t9-,10+/m0/s1. The van der Waals surface area contributed by atoms with Gasteiger partial charge in [-0.1, -0.05) is 30.3 Å². The van der Waals surface area contributed by atoms with Crippen LogP contribution in [0.4, 0.5) is 0 Å². The summed E-state index contributed by atoms with van der Waals surface area (Å²) >= 11 is 0. The van der Waals surface area contributed by atoms with E-state index in [1.165, 1.54) is 0 Å². The summed E-state index contributed by atoms with van der Waals surface area (Å²) in [4.78, 5) is 0. The predicted octanol–water partition coefficient (Wildman–Crippen LogP) is 1.51. The highest BCUT2D eigenvalue weighted by molar-refractivity contribution is 5.25. The fraction of sp³-hybridized carbons (Fsp3) is 0.400. The molecule has 0 spiro atoms. The molecular formula is C10H12O2. The molecule has 0 radical (unpaired) electrons. The highest BCUT2D eigenvalue weighted by Gasteiger charge is 2.52. The summed E-state index contributed by atoms with van der Waals surface area (Å²) in [6, 6.07) is 9.98. The molecule has 2 nitrogen and oxygen atoms in total. The van der Waals surface area contributed by atoms with E-state index in [2.05, 4.69) is 0 Å². The third kappa shape index (κ3) is 1.13. The van der Waals surface area contributed by atoms with E-state index in [1.807, 2.05) is 37.3 Å². The second-order valence-corrected chi connectivity index (χ2v) is 3.38. The molecule has 64 valence electrons. The SMILES string of the molecule is C[C@]1(CO)O[C@H]1c1ccccc1. The van der Waals surface area contributed by atoms with Gasteiger partial charge in [0.2, 0.25) is 0 Å². The van der Waals surface area contributed by atoms with Gasteiger partial charge in [-0.2, -0.15) is 0 Å². The first-order valence-corrected chi connectivity index (χ1v) is 4.10. The third-order valence-corrected chi connectivity index (χ3v) is 2.30. The Balaban J connectivity index is 2.16. The first kappa shape index (κ1) is 7.77. The lowest BCUT2D eigenvalue weighted by atomic mass is 10.0. The summed E-state index contributed by atoms with van der Waals surface area (Å²) < 4.78 is 5.39. The Kier molecular flexibility index (Phi) is 1.67. The molecule has 0 aromatic heterocycles. The minimum absolute atomic E-state index is 0.0868. The van der Waals surface area contributed by atoms with Crippen molar-refractivity contribution < 1.29 is 9.84 Å². The van der Waals surface area contributed by atoms with E-state index in [1.54, 1.807) is 0 Å². The lowest BCUT2D eigenvalue weighted by Gasteiger charge is -1.99. The number of aliphatic hydroxyl groups is 1. The van der Waals surface area contributed by atoms with Crippen molar-refractivity contribution >= 4 is 0 Å². The Labute approximate surface area is 71.8 Å². The third-order valence-electron chi connectivity index (χ3n) is 2.30. The van der Waals surface area contributed by atoms with E-state index in [0.717, 1.165) is 5.56 Å². The molecule has 1 heterocycles. The summed E-state index contributed by atoms with van der Waals surface area (Å²) in [5.41, 5.74) is 0.815. The fourth-order valence-corrected chi connectivity index (χ4v) is 1.40. The maximum atomic E-state index is 8.97. The van der Waals surface area contributed by atoms with E-state index in [4.69, 9.17) is 9.84 Å². The minimum atomic E-state index is -0.332. The number of ether oxygens (including phenoxy) is 1. The van der Waals surface area contributed by atoms with Gasteiger partial charge in [0.15, 0.2) is 0 Å². The molecule has 1 aliphatic heterocycles. The molecular weight excluding hydrogens is 152 g/mol. The first-order valence-electron chi connectivity index (χ1n) is 4.10. The molecule has 2 heteroatoms. The molecule has 2 rings (SSSR count). The number of benzene rings is 1. The van der Waals surface area contributed by atoms with Crippen LogP contribution in [0.2, 0.25) is 0 Å². The number of hydrogen-bond donors (Lipinski definition) is 1. The monoisotopic (exact) mass is 164 g/mol. The number of epoxide rings is 1. The Bertz CT molecular complexity index is 270. The molecule has 1 N–H and O–H groups in total. The van der Waals surface area contributed by atoms with Gasteiger partial charge in [-0.3, -0.25) is 0 Å². The molecule has 0 unspecified atom stereocenters. The lowest BCUT2D eigenvalue weighted by Crippen LogP contribution is -2.11. The lowest BCUT2D eigenvalue weighted by molar-refractivity contribution is 0.184. The molecule has 1 aliphatic rings. The van der Waals surface area contributed by atoms with Gasteiger partial charge >= 0.3 is 0 Å². The highest BCUT2D eigenvalue weighted by atomic mass is 16.6. The maximum Gasteiger partial charge on any atom is 0.120 e. The van der Waals surface area contributed by atoms with E-state index in [-0.39, 0.29) is 18.3 Å². The van der Waals surface area contributed by atoms with Gasteiger partial charge in [0.05, 0.1) is 6.61 Å². The number of hydrogen-bond acceptors (Lipinski definition) is 2. The quantitative estimate of drug-likeness (QED) is 0.672. The predicted molar refractivity (Wildman–Crippen MR) is 45.8 cm³/mol. The van der Waals surface area contributed by atoms with Crippen LogP contribution in [0.1, 0.15) is 18.6 Å². The van der Waals surface area contributed by atoms with Crippen molar-refractivity contribution in [1.29, 1.82) is 0 Å². The summed E-state index contributed by atoms with van der Waals surface area (Å²) in [6.07, 6.45) is 0.0868. The van der Waals surface area contributed by atoms with Crippen molar-refractivity contribution in [3.8, 4) is 0 Å². The average Bonchev–Trinajstić information content (AvgIpc) is 2.81. The van der Waals surface area contributed by atoms with Crippen LogP contribution in [0.25, 0.3) is 0 Å². The molecule has 0 amide bonds. The van der Waals surface area contributed by atoms with Gasteiger partial charge in [0.25, 0.3) is 0 Å². The van der Waals surface area contributed by atoms with Crippen LogP contribution in [0.15, 0.2) is 30.3 Å². The van der Waals surface area contributed by atoms with Crippen molar-refractivity contribution in [2.24, 2.45) is 0 Å². The fourth-order valence-electron chi connectivity index (χ4n) is 1.40. The van der Waals surface area contributed by atoms with Gasteiger partial charge in [0.1, 0.15) is 11.7 Å². The summed E-state index contributed by atoms with van der Waals surface area (Å²) in [5.74, 6) is 0. The molecule has 0 aliphatic carbocycles. The van der Waals surface area contributed by atoms with Crippen molar-refractivity contribution in [1.82, 2.24) is 0 Å². The van der Waals surface area contributed by atoms with Gasteiger partial charge in [-0.25, -0.2) is 0 Å². The largest absolute Gasteiger partial charge is 0.393 e. The Morgan fingerprint density at radius 1 is 1.42 bits per heavy atom. The molecule has 0 saturated carbocycles. The van der Waals surface area contributed by atoms with Crippen LogP contribution >= 0.6 is 0 Å². The van der Waals surface area contributed by atoms with Crippen LogP contribution in [0.3, 0.4) is 0 Å². The molecule has 1 fully saturated rings. The van der Waals surface area contributed by atoms with Crippen molar-refractivity contribution in [2.75, 3.05) is 6.61 Å². The zero-order chi connectivity index (χ0) is 8.60. The number of aliphatic hydroxyl groups excluding tert-OH is 1. The second kappa shape index (κ2) is 2.57. The maximum absolute atomic E-state index is 8.97. The zero-order valence-corrected chi connectivity index (χ0v) is 7.03. The molecule has 0 bridgehead atoms. The first-order chi connectivity index (χ1) is 5.76. The summed E-state index contributed by atoms with van der Waals surface area (Å²) in [5, 5.41) is 8.97. The average molecular weight is 164 g/mol. The number of rotatable bonds is 2. The summed E-state index contributed by atoms with van der Waals surface area (Å²) in [6.45, 7) is 2.01. The normalized spacial score (nSPS) is 33.3. The molecule has 12 heavy (non-hydrogen) atoms. The van der Waals surface area contributed by atoms with E-state index in [9.17, 15) is 0 Å². The van der Waals surface area contributed by atoms with Crippen LogP contribution in [-0.2, 0) is 4.74 Å². The van der Waals surface area contributed by atoms with E-state index >= 15 is 0 Å². The van der Waals surface area contributed by atoms with E-state index in [0.29, 0.717) is 0 Å². The van der Waals surface area contributed by atoms with E-state index < -0.39 is 0 Å². The van der Waals surface area contributed by atoms with Crippen molar-refractivity contribution in [3.63, 3.8) is 0 Å². The molecule has 1 aromatic carbocycles. The topological polar surface area (TPSA) is 32.8 Å². The molecule has 1 saturated heterocycles. The Morgan fingerprint density at radius 3 is 2.58 bits per heavy atom. The minimum Gasteiger partial charge on any atom is -0.393 e. The summed E-state index contributed by atoms with van der Waals surface area (Å²) in [7, 11) is 0.